The largest absolute Gasteiger partial charge is 0.491 e. The summed E-state index contributed by atoms with van der Waals surface area (Å²) in [5, 5.41) is 6.17. The van der Waals surface area contributed by atoms with Crippen molar-refractivity contribution in [3.05, 3.63) is 29.8 Å². The number of piperidine rings is 1. The van der Waals surface area contributed by atoms with Crippen molar-refractivity contribution in [1.29, 1.82) is 0 Å². The number of ether oxygens (including phenoxy) is 1. The molecule has 0 bridgehead atoms. The minimum absolute atomic E-state index is 0.000108. The van der Waals surface area contributed by atoms with Crippen molar-refractivity contribution in [2.45, 2.75) is 38.4 Å². The fraction of sp³-hybridized carbons (Fsp3) is 0.611. The molecular formula is C18H23F3N2O2. The zero-order valence-corrected chi connectivity index (χ0v) is 14.2. The highest BCUT2D eigenvalue weighted by Gasteiger charge is 2.57. The molecule has 1 amide bonds. The average molecular weight is 356 g/mol. The van der Waals surface area contributed by atoms with Gasteiger partial charge in [-0.2, -0.15) is 13.2 Å². The van der Waals surface area contributed by atoms with Crippen molar-refractivity contribution >= 4 is 5.91 Å². The molecule has 1 saturated heterocycles. The summed E-state index contributed by atoms with van der Waals surface area (Å²) < 4.78 is 44.2. The molecule has 1 aromatic rings. The minimum atomic E-state index is -4.46. The Kier molecular flexibility index (Phi) is 4.95. The predicted molar refractivity (Wildman–Crippen MR) is 87.2 cm³/mol. The van der Waals surface area contributed by atoms with Gasteiger partial charge in [0.15, 0.2) is 0 Å². The van der Waals surface area contributed by atoms with Gasteiger partial charge in [-0.25, -0.2) is 0 Å². The zero-order valence-electron chi connectivity index (χ0n) is 14.2. The topological polar surface area (TPSA) is 50.4 Å². The third-order valence-corrected chi connectivity index (χ3v) is 5.18. The van der Waals surface area contributed by atoms with E-state index in [1.165, 1.54) is 18.2 Å². The second-order valence-electron chi connectivity index (χ2n) is 7.08. The fourth-order valence-electron chi connectivity index (χ4n) is 3.62. The number of benzene rings is 1. The van der Waals surface area contributed by atoms with Crippen molar-refractivity contribution < 1.29 is 22.7 Å². The summed E-state index contributed by atoms with van der Waals surface area (Å²) in [4.78, 5) is 12.4. The van der Waals surface area contributed by atoms with Gasteiger partial charge in [0.25, 0.3) is 0 Å². The van der Waals surface area contributed by atoms with Crippen LogP contribution in [0.2, 0.25) is 0 Å². The molecule has 25 heavy (non-hydrogen) atoms. The Labute approximate surface area is 145 Å². The number of carbonyl (C=O) groups excluding carboxylic acids is 1. The lowest BCUT2D eigenvalue weighted by Gasteiger charge is -2.24. The van der Waals surface area contributed by atoms with Crippen LogP contribution in [0.15, 0.2) is 24.3 Å². The third-order valence-electron chi connectivity index (χ3n) is 5.18. The third kappa shape index (κ3) is 4.08. The van der Waals surface area contributed by atoms with E-state index in [1.807, 2.05) is 0 Å². The zero-order chi connectivity index (χ0) is 18.1. The van der Waals surface area contributed by atoms with Crippen LogP contribution >= 0.6 is 0 Å². The summed E-state index contributed by atoms with van der Waals surface area (Å²) in [5.41, 5.74) is -0.664. The molecule has 2 fully saturated rings. The van der Waals surface area contributed by atoms with E-state index in [0.29, 0.717) is 0 Å². The lowest BCUT2D eigenvalue weighted by atomic mass is 9.91. The summed E-state index contributed by atoms with van der Waals surface area (Å²) in [5.74, 6) is -0.195. The number of amides is 1. The predicted octanol–water partition coefficient (Wildman–Crippen LogP) is 2.98. The SMILES string of the molecule is CC(COc1ccccc1C(F)(F)F)NC(=O)C1CC12CCNCC2. The first kappa shape index (κ1) is 18.0. The van der Waals surface area contributed by atoms with Gasteiger partial charge in [-0.15, -0.1) is 0 Å². The van der Waals surface area contributed by atoms with E-state index in [1.54, 1.807) is 6.92 Å². The maximum Gasteiger partial charge on any atom is 0.419 e. The van der Waals surface area contributed by atoms with E-state index in [0.717, 1.165) is 38.4 Å². The van der Waals surface area contributed by atoms with Crippen LogP contribution in [0.25, 0.3) is 0 Å². The van der Waals surface area contributed by atoms with E-state index in [2.05, 4.69) is 10.6 Å². The maximum atomic E-state index is 12.9. The fourth-order valence-corrected chi connectivity index (χ4v) is 3.62. The molecule has 4 nitrogen and oxygen atoms in total. The van der Waals surface area contributed by atoms with Crippen molar-refractivity contribution in [3.63, 3.8) is 0 Å². The number of carbonyl (C=O) groups is 1. The number of alkyl halides is 3. The van der Waals surface area contributed by atoms with E-state index in [9.17, 15) is 18.0 Å². The van der Waals surface area contributed by atoms with Crippen molar-refractivity contribution in [2.24, 2.45) is 11.3 Å². The summed E-state index contributed by atoms with van der Waals surface area (Å²) in [6, 6.07) is 4.75. The van der Waals surface area contributed by atoms with Crippen LogP contribution in [0, 0.1) is 11.3 Å². The number of hydrogen-bond donors (Lipinski definition) is 2. The number of halogens is 3. The van der Waals surface area contributed by atoms with E-state index in [-0.39, 0.29) is 35.6 Å². The smallest absolute Gasteiger partial charge is 0.419 e. The minimum Gasteiger partial charge on any atom is -0.491 e. The molecule has 2 unspecified atom stereocenters. The summed E-state index contributed by atoms with van der Waals surface area (Å²) in [6.45, 7) is 3.62. The van der Waals surface area contributed by atoms with Crippen LogP contribution in [0.3, 0.4) is 0 Å². The molecule has 1 saturated carbocycles. The average Bonchev–Trinajstić information content (AvgIpc) is 3.26. The second-order valence-corrected chi connectivity index (χ2v) is 7.08. The molecule has 138 valence electrons. The van der Waals surface area contributed by atoms with Crippen LogP contribution in [0.1, 0.15) is 31.7 Å². The van der Waals surface area contributed by atoms with Gasteiger partial charge in [-0.05, 0) is 56.8 Å². The van der Waals surface area contributed by atoms with E-state index < -0.39 is 11.7 Å². The normalized spacial score (nSPS) is 23.1. The first-order valence-corrected chi connectivity index (χ1v) is 8.62. The number of hydrogen-bond acceptors (Lipinski definition) is 3. The molecule has 0 aromatic heterocycles. The number of rotatable bonds is 5. The molecule has 3 rings (SSSR count). The van der Waals surface area contributed by atoms with Crippen LogP contribution in [-0.4, -0.2) is 31.6 Å². The second kappa shape index (κ2) is 6.86. The standard InChI is InChI=1S/C18H23F3N2O2/c1-12(11-25-15-5-3-2-4-13(15)18(19,20)21)23-16(24)14-10-17(14)6-8-22-9-7-17/h2-5,12,14,22H,6-11H2,1H3,(H,23,24). The van der Waals surface area contributed by atoms with Crippen molar-refractivity contribution in [3.8, 4) is 5.75 Å². The summed E-state index contributed by atoms with van der Waals surface area (Å²) >= 11 is 0. The van der Waals surface area contributed by atoms with Crippen LogP contribution in [0.5, 0.6) is 5.75 Å². The van der Waals surface area contributed by atoms with Crippen LogP contribution in [0.4, 0.5) is 13.2 Å². The van der Waals surface area contributed by atoms with Crippen LogP contribution < -0.4 is 15.4 Å². The van der Waals surface area contributed by atoms with Gasteiger partial charge in [0.1, 0.15) is 12.4 Å². The first-order chi connectivity index (χ1) is 11.8. The molecule has 1 spiro atoms. The lowest BCUT2D eigenvalue weighted by molar-refractivity contribution is -0.139. The highest BCUT2D eigenvalue weighted by molar-refractivity contribution is 5.82. The van der Waals surface area contributed by atoms with Gasteiger partial charge >= 0.3 is 6.18 Å². The first-order valence-electron chi connectivity index (χ1n) is 8.62. The summed E-state index contributed by atoms with van der Waals surface area (Å²) in [6.07, 6.45) is -1.53. The summed E-state index contributed by atoms with van der Waals surface area (Å²) in [7, 11) is 0. The van der Waals surface area contributed by atoms with Gasteiger partial charge < -0.3 is 15.4 Å². The highest BCUT2D eigenvalue weighted by Crippen LogP contribution is 2.58. The van der Waals surface area contributed by atoms with Gasteiger partial charge in [0.2, 0.25) is 5.91 Å². The Morgan fingerprint density at radius 1 is 1.36 bits per heavy atom. The quantitative estimate of drug-likeness (QED) is 0.853. The van der Waals surface area contributed by atoms with Crippen molar-refractivity contribution in [1.82, 2.24) is 10.6 Å². The van der Waals surface area contributed by atoms with Crippen LogP contribution in [-0.2, 0) is 11.0 Å². The molecule has 2 N–H and O–H groups in total. The Morgan fingerprint density at radius 2 is 2.04 bits per heavy atom. The van der Waals surface area contributed by atoms with Gasteiger partial charge in [-0.1, -0.05) is 12.1 Å². The Morgan fingerprint density at radius 3 is 2.72 bits per heavy atom. The van der Waals surface area contributed by atoms with E-state index in [4.69, 9.17) is 4.74 Å². The molecule has 7 heteroatoms. The molecule has 2 aliphatic rings. The Balaban J connectivity index is 1.51. The number of para-hydroxylation sites is 1. The highest BCUT2D eigenvalue weighted by atomic mass is 19.4. The van der Waals surface area contributed by atoms with Gasteiger partial charge in [0.05, 0.1) is 11.6 Å². The monoisotopic (exact) mass is 356 g/mol. The lowest BCUT2D eigenvalue weighted by Crippen LogP contribution is -2.40. The molecule has 1 aromatic carbocycles. The van der Waals surface area contributed by atoms with Crippen molar-refractivity contribution in [2.75, 3.05) is 19.7 Å². The molecule has 2 atom stereocenters. The molecule has 1 aliphatic heterocycles. The Bertz CT molecular complexity index is 627. The molecular weight excluding hydrogens is 333 g/mol. The molecule has 1 aliphatic carbocycles. The van der Waals surface area contributed by atoms with Gasteiger partial charge in [-0.3, -0.25) is 4.79 Å². The molecule has 0 radical (unpaired) electrons. The van der Waals surface area contributed by atoms with E-state index >= 15 is 0 Å². The van der Waals surface area contributed by atoms with Gasteiger partial charge in [0, 0.05) is 5.92 Å². The number of nitrogens with one attached hydrogen (secondary N) is 2. The maximum absolute atomic E-state index is 12.9. The Hall–Kier alpha value is -1.76. The molecule has 1 heterocycles.